The molecule has 0 radical (unpaired) electrons. The summed E-state index contributed by atoms with van der Waals surface area (Å²) in [6.07, 6.45) is 6.80. The lowest BCUT2D eigenvalue weighted by molar-refractivity contribution is -0.134. The maximum absolute atomic E-state index is 12.5. The minimum Gasteiger partial charge on any atom is -0.353 e. The molecule has 2 amide bonds. The van der Waals surface area contributed by atoms with E-state index in [-0.39, 0.29) is 23.9 Å². The van der Waals surface area contributed by atoms with Gasteiger partial charge in [0, 0.05) is 25.6 Å². The Bertz CT molecular complexity index is 330. The first kappa shape index (κ1) is 15.3. The van der Waals surface area contributed by atoms with Gasteiger partial charge in [-0.3, -0.25) is 9.59 Å². The predicted octanol–water partition coefficient (Wildman–Crippen LogP) is 1.04. The van der Waals surface area contributed by atoms with E-state index in [9.17, 15) is 9.59 Å². The fourth-order valence-electron chi connectivity index (χ4n) is 3.03. The highest BCUT2D eigenvalue weighted by molar-refractivity contribution is 5.82. The van der Waals surface area contributed by atoms with Crippen molar-refractivity contribution in [3.63, 3.8) is 0 Å². The van der Waals surface area contributed by atoms with E-state index in [2.05, 4.69) is 10.6 Å². The number of carbonyl (C=O) groups is 2. The molecule has 0 saturated carbocycles. The van der Waals surface area contributed by atoms with E-state index in [1.165, 1.54) is 12.8 Å². The van der Waals surface area contributed by atoms with Crippen LogP contribution in [-0.2, 0) is 9.59 Å². The van der Waals surface area contributed by atoms with Gasteiger partial charge in [0.15, 0.2) is 0 Å². The Hall–Kier alpha value is -1.10. The minimum absolute atomic E-state index is 0.0132. The van der Waals surface area contributed by atoms with E-state index >= 15 is 0 Å². The lowest BCUT2D eigenvalue weighted by atomic mass is 10.0. The Kier molecular flexibility index (Phi) is 5.83. The van der Waals surface area contributed by atoms with Gasteiger partial charge in [-0.2, -0.15) is 0 Å². The van der Waals surface area contributed by atoms with Crippen molar-refractivity contribution >= 4 is 11.8 Å². The summed E-state index contributed by atoms with van der Waals surface area (Å²) in [7, 11) is 0. The SMILES string of the molecule is CCC(=O)NC1CCN(C(=O)C2CCCCCN2)CC1. The van der Waals surface area contributed by atoms with Crippen molar-refractivity contribution in [2.75, 3.05) is 19.6 Å². The number of nitrogens with zero attached hydrogens (tertiary/aromatic N) is 1. The molecule has 5 nitrogen and oxygen atoms in total. The molecular formula is C15H27N3O2. The molecule has 2 N–H and O–H groups in total. The lowest BCUT2D eigenvalue weighted by Gasteiger charge is -2.34. The molecule has 2 fully saturated rings. The number of amides is 2. The number of piperidine rings is 1. The van der Waals surface area contributed by atoms with Crippen LogP contribution < -0.4 is 10.6 Å². The molecule has 20 heavy (non-hydrogen) atoms. The van der Waals surface area contributed by atoms with Crippen LogP contribution in [0.15, 0.2) is 0 Å². The van der Waals surface area contributed by atoms with Gasteiger partial charge in [-0.25, -0.2) is 0 Å². The molecule has 0 aromatic carbocycles. The van der Waals surface area contributed by atoms with E-state index in [0.29, 0.717) is 6.42 Å². The Morgan fingerprint density at radius 1 is 1.15 bits per heavy atom. The predicted molar refractivity (Wildman–Crippen MR) is 78.3 cm³/mol. The van der Waals surface area contributed by atoms with Crippen molar-refractivity contribution in [3.8, 4) is 0 Å². The van der Waals surface area contributed by atoms with Gasteiger partial charge in [0.2, 0.25) is 11.8 Å². The van der Waals surface area contributed by atoms with Gasteiger partial charge in [0.05, 0.1) is 6.04 Å². The summed E-state index contributed by atoms with van der Waals surface area (Å²) in [5, 5.41) is 6.40. The van der Waals surface area contributed by atoms with Crippen molar-refractivity contribution < 1.29 is 9.59 Å². The zero-order valence-electron chi connectivity index (χ0n) is 12.5. The van der Waals surface area contributed by atoms with Crippen molar-refractivity contribution in [1.82, 2.24) is 15.5 Å². The summed E-state index contributed by atoms with van der Waals surface area (Å²) in [6, 6.07) is 0.257. The average Bonchev–Trinajstić information content (AvgIpc) is 2.76. The van der Waals surface area contributed by atoms with E-state index in [1.54, 1.807) is 0 Å². The van der Waals surface area contributed by atoms with Crippen LogP contribution in [0.1, 0.15) is 51.9 Å². The summed E-state index contributed by atoms with van der Waals surface area (Å²) in [4.78, 5) is 25.8. The number of rotatable bonds is 3. The van der Waals surface area contributed by atoms with Gasteiger partial charge >= 0.3 is 0 Å². The second-order valence-corrected chi connectivity index (χ2v) is 5.88. The van der Waals surface area contributed by atoms with E-state index in [4.69, 9.17) is 0 Å². The van der Waals surface area contributed by atoms with Crippen LogP contribution >= 0.6 is 0 Å². The third-order valence-corrected chi connectivity index (χ3v) is 4.35. The Balaban J connectivity index is 1.77. The number of nitrogens with one attached hydrogen (secondary N) is 2. The van der Waals surface area contributed by atoms with Crippen LogP contribution in [-0.4, -0.2) is 48.4 Å². The van der Waals surface area contributed by atoms with Crippen LogP contribution in [0.5, 0.6) is 0 Å². The van der Waals surface area contributed by atoms with Gasteiger partial charge in [0.1, 0.15) is 0 Å². The Labute approximate surface area is 121 Å². The zero-order chi connectivity index (χ0) is 14.4. The lowest BCUT2D eigenvalue weighted by Crippen LogP contribution is -2.51. The van der Waals surface area contributed by atoms with Gasteiger partial charge in [-0.1, -0.05) is 19.8 Å². The topological polar surface area (TPSA) is 61.4 Å². The molecule has 0 aromatic rings. The van der Waals surface area contributed by atoms with Crippen LogP contribution in [0.3, 0.4) is 0 Å². The fraction of sp³-hybridized carbons (Fsp3) is 0.867. The summed E-state index contributed by atoms with van der Waals surface area (Å²) in [5.41, 5.74) is 0. The standard InChI is InChI=1S/C15H27N3O2/c1-2-14(19)17-12-7-10-18(11-8-12)15(20)13-6-4-3-5-9-16-13/h12-13,16H,2-11H2,1H3,(H,17,19). The molecule has 5 heteroatoms. The largest absolute Gasteiger partial charge is 0.353 e. The monoisotopic (exact) mass is 281 g/mol. The van der Waals surface area contributed by atoms with E-state index in [0.717, 1.165) is 45.3 Å². The summed E-state index contributed by atoms with van der Waals surface area (Å²) < 4.78 is 0. The van der Waals surface area contributed by atoms with Gasteiger partial charge in [0.25, 0.3) is 0 Å². The highest BCUT2D eigenvalue weighted by Gasteiger charge is 2.28. The summed E-state index contributed by atoms with van der Waals surface area (Å²) >= 11 is 0. The molecule has 2 aliphatic heterocycles. The Morgan fingerprint density at radius 2 is 1.90 bits per heavy atom. The van der Waals surface area contributed by atoms with Crippen molar-refractivity contribution in [1.29, 1.82) is 0 Å². The number of hydrogen-bond acceptors (Lipinski definition) is 3. The first-order chi connectivity index (χ1) is 9.70. The normalized spacial score (nSPS) is 25.1. The number of likely N-dealkylation sites (tertiary alicyclic amines) is 1. The van der Waals surface area contributed by atoms with Crippen LogP contribution in [0.4, 0.5) is 0 Å². The van der Waals surface area contributed by atoms with Crippen molar-refractivity contribution in [2.24, 2.45) is 0 Å². The van der Waals surface area contributed by atoms with Crippen LogP contribution in [0, 0.1) is 0 Å². The average molecular weight is 281 g/mol. The molecule has 2 heterocycles. The maximum Gasteiger partial charge on any atom is 0.239 e. The molecule has 1 atom stereocenters. The maximum atomic E-state index is 12.5. The molecule has 2 rings (SSSR count). The first-order valence-electron chi connectivity index (χ1n) is 8.02. The van der Waals surface area contributed by atoms with Crippen LogP contribution in [0.25, 0.3) is 0 Å². The molecule has 114 valence electrons. The Morgan fingerprint density at radius 3 is 2.60 bits per heavy atom. The smallest absolute Gasteiger partial charge is 0.239 e. The first-order valence-corrected chi connectivity index (χ1v) is 8.02. The summed E-state index contributed by atoms with van der Waals surface area (Å²) in [5.74, 6) is 0.368. The second kappa shape index (κ2) is 7.62. The molecule has 0 spiro atoms. The fourth-order valence-corrected chi connectivity index (χ4v) is 3.03. The highest BCUT2D eigenvalue weighted by Crippen LogP contribution is 2.15. The third-order valence-electron chi connectivity index (χ3n) is 4.35. The van der Waals surface area contributed by atoms with Crippen molar-refractivity contribution in [2.45, 2.75) is 64.0 Å². The minimum atomic E-state index is 0.0132. The van der Waals surface area contributed by atoms with Gasteiger partial charge in [-0.05, 0) is 32.2 Å². The molecule has 2 saturated heterocycles. The molecule has 0 aromatic heterocycles. The molecule has 1 unspecified atom stereocenters. The van der Waals surface area contributed by atoms with Gasteiger partial charge < -0.3 is 15.5 Å². The quantitative estimate of drug-likeness (QED) is 0.812. The third kappa shape index (κ3) is 4.20. The zero-order valence-corrected chi connectivity index (χ0v) is 12.5. The molecular weight excluding hydrogens is 254 g/mol. The molecule has 0 bridgehead atoms. The van der Waals surface area contributed by atoms with Gasteiger partial charge in [-0.15, -0.1) is 0 Å². The summed E-state index contributed by atoms with van der Waals surface area (Å²) in [6.45, 7) is 4.36. The highest BCUT2D eigenvalue weighted by atomic mass is 16.2. The van der Waals surface area contributed by atoms with E-state index in [1.807, 2.05) is 11.8 Å². The van der Waals surface area contributed by atoms with Crippen LogP contribution in [0.2, 0.25) is 0 Å². The second-order valence-electron chi connectivity index (χ2n) is 5.88. The molecule has 2 aliphatic rings. The van der Waals surface area contributed by atoms with Crippen molar-refractivity contribution in [3.05, 3.63) is 0 Å². The molecule has 0 aliphatic carbocycles. The number of carbonyl (C=O) groups excluding carboxylic acids is 2. The number of hydrogen-bond donors (Lipinski definition) is 2. The van der Waals surface area contributed by atoms with E-state index < -0.39 is 0 Å².